The van der Waals surface area contributed by atoms with Crippen LogP contribution in [0.3, 0.4) is 0 Å². The van der Waals surface area contributed by atoms with Crippen LogP contribution in [0.5, 0.6) is 0 Å². The van der Waals surface area contributed by atoms with E-state index in [0.717, 1.165) is 31.5 Å². The van der Waals surface area contributed by atoms with Gasteiger partial charge >= 0.3 is 0 Å². The van der Waals surface area contributed by atoms with Crippen LogP contribution in [0.2, 0.25) is 5.02 Å². The highest BCUT2D eigenvalue weighted by atomic mass is 35.5. The molecule has 2 aromatic carbocycles. The fraction of sp³-hybridized carbons (Fsp3) is 0.350. The topological polar surface area (TPSA) is 75.5 Å². The molecular formula is C20H22ClN3O3. The van der Waals surface area contributed by atoms with Gasteiger partial charge in [0.1, 0.15) is 0 Å². The van der Waals surface area contributed by atoms with E-state index < -0.39 is 4.92 Å². The highest BCUT2D eigenvalue weighted by molar-refractivity contribution is 6.31. The summed E-state index contributed by atoms with van der Waals surface area (Å²) in [4.78, 5) is 25.4. The number of benzene rings is 2. The third-order valence-electron chi connectivity index (χ3n) is 4.96. The molecule has 27 heavy (non-hydrogen) atoms. The number of nitrogens with zero attached hydrogens (tertiary/aromatic N) is 2. The van der Waals surface area contributed by atoms with E-state index in [4.69, 9.17) is 11.6 Å². The number of carbonyl (C=O) groups is 1. The van der Waals surface area contributed by atoms with E-state index >= 15 is 0 Å². The molecule has 1 aliphatic rings. The molecule has 1 N–H and O–H groups in total. The molecule has 0 radical (unpaired) electrons. The van der Waals surface area contributed by atoms with Gasteiger partial charge in [0.25, 0.3) is 11.6 Å². The van der Waals surface area contributed by atoms with Crippen molar-refractivity contribution in [2.75, 3.05) is 19.6 Å². The molecule has 0 spiro atoms. The van der Waals surface area contributed by atoms with Gasteiger partial charge in [0.15, 0.2) is 0 Å². The lowest BCUT2D eigenvalue weighted by molar-refractivity contribution is -0.385. The second-order valence-electron chi connectivity index (χ2n) is 6.75. The van der Waals surface area contributed by atoms with Crippen molar-refractivity contribution in [3.8, 4) is 0 Å². The molecule has 1 aliphatic heterocycles. The predicted octanol–water partition coefficient (Wildman–Crippen LogP) is 4.12. The average molecular weight is 388 g/mol. The maximum atomic E-state index is 12.6. The van der Waals surface area contributed by atoms with E-state index in [-0.39, 0.29) is 17.6 Å². The van der Waals surface area contributed by atoms with Crippen LogP contribution >= 0.6 is 11.6 Å². The molecule has 0 aromatic heterocycles. The number of halogens is 1. The van der Waals surface area contributed by atoms with Gasteiger partial charge in [0, 0.05) is 28.8 Å². The van der Waals surface area contributed by atoms with E-state index in [0.29, 0.717) is 22.7 Å². The highest BCUT2D eigenvalue weighted by Crippen LogP contribution is 2.29. The van der Waals surface area contributed by atoms with Gasteiger partial charge in [0.05, 0.1) is 11.0 Å². The molecular weight excluding hydrogens is 366 g/mol. The van der Waals surface area contributed by atoms with Crippen LogP contribution in [0.25, 0.3) is 0 Å². The Morgan fingerprint density at radius 2 is 1.96 bits per heavy atom. The second kappa shape index (κ2) is 8.50. The first-order valence-corrected chi connectivity index (χ1v) is 9.37. The van der Waals surface area contributed by atoms with Gasteiger partial charge in [-0.1, -0.05) is 29.8 Å². The zero-order valence-electron chi connectivity index (χ0n) is 15.2. The minimum atomic E-state index is -0.447. The highest BCUT2D eigenvalue weighted by Gasteiger charge is 2.25. The lowest BCUT2D eigenvalue weighted by atomic mass is 10.0. The van der Waals surface area contributed by atoms with Gasteiger partial charge < -0.3 is 5.32 Å². The third-order valence-corrected chi connectivity index (χ3v) is 5.30. The molecule has 1 fully saturated rings. The number of aryl methyl sites for hydroxylation is 1. The summed E-state index contributed by atoms with van der Waals surface area (Å²) < 4.78 is 0. The zero-order chi connectivity index (χ0) is 19.4. The minimum absolute atomic E-state index is 0.00398. The summed E-state index contributed by atoms with van der Waals surface area (Å²) in [5.74, 6) is -0.246. The summed E-state index contributed by atoms with van der Waals surface area (Å²) in [6.07, 6.45) is 2.27. The molecule has 1 atom stereocenters. The van der Waals surface area contributed by atoms with Crippen LogP contribution in [-0.4, -0.2) is 35.4 Å². The number of hydrogen-bond acceptors (Lipinski definition) is 4. The van der Waals surface area contributed by atoms with E-state index in [1.54, 1.807) is 13.0 Å². The first kappa shape index (κ1) is 19.3. The summed E-state index contributed by atoms with van der Waals surface area (Å²) >= 11 is 6.39. The Hall–Kier alpha value is -2.44. The zero-order valence-corrected chi connectivity index (χ0v) is 15.9. The van der Waals surface area contributed by atoms with Crippen molar-refractivity contribution in [1.29, 1.82) is 0 Å². The summed E-state index contributed by atoms with van der Waals surface area (Å²) in [7, 11) is 0. The molecule has 1 amide bonds. The Kier molecular flexibility index (Phi) is 6.08. The normalized spacial score (nSPS) is 15.5. The lowest BCUT2D eigenvalue weighted by Gasteiger charge is -2.29. The number of amides is 1. The van der Waals surface area contributed by atoms with Crippen LogP contribution < -0.4 is 5.32 Å². The van der Waals surface area contributed by atoms with Crippen LogP contribution in [0.4, 0.5) is 5.69 Å². The third kappa shape index (κ3) is 4.46. The molecule has 3 rings (SSSR count). The van der Waals surface area contributed by atoms with Crippen molar-refractivity contribution >= 4 is 23.2 Å². The van der Waals surface area contributed by atoms with Crippen LogP contribution in [0, 0.1) is 17.0 Å². The maximum Gasteiger partial charge on any atom is 0.272 e. The SMILES string of the molecule is Cc1cc(C(=O)NC[C@@H](c2ccccc2Cl)N2CCCC2)ccc1[N+](=O)[O-]. The smallest absolute Gasteiger partial charge is 0.272 e. The van der Waals surface area contributed by atoms with Crippen molar-refractivity contribution in [3.05, 3.63) is 74.3 Å². The number of rotatable bonds is 6. The molecule has 142 valence electrons. The Labute approximate surface area is 163 Å². The Morgan fingerprint density at radius 3 is 2.59 bits per heavy atom. The molecule has 1 saturated heterocycles. The standard InChI is InChI=1S/C20H22ClN3O3/c1-14-12-15(8-9-18(14)24(26)27)20(25)22-13-19(23-10-4-5-11-23)16-6-2-3-7-17(16)21/h2-3,6-9,12,19H,4-5,10-11,13H2,1H3,(H,22,25)/t19-/m0/s1. The van der Waals surface area contributed by atoms with Crippen LogP contribution in [0.1, 0.15) is 40.4 Å². The number of nitro groups is 1. The number of likely N-dealkylation sites (tertiary alicyclic amines) is 1. The minimum Gasteiger partial charge on any atom is -0.350 e. The van der Waals surface area contributed by atoms with Crippen molar-refractivity contribution in [2.45, 2.75) is 25.8 Å². The van der Waals surface area contributed by atoms with Gasteiger partial charge in [0.2, 0.25) is 0 Å². The van der Waals surface area contributed by atoms with E-state index in [9.17, 15) is 14.9 Å². The van der Waals surface area contributed by atoms with Crippen molar-refractivity contribution in [3.63, 3.8) is 0 Å². The maximum absolute atomic E-state index is 12.6. The molecule has 1 heterocycles. The molecule has 0 saturated carbocycles. The van der Waals surface area contributed by atoms with Gasteiger partial charge in [-0.25, -0.2) is 0 Å². The second-order valence-corrected chi connectivity index (χ2v) is 7.16. The van der Waals surface area contributed by atoms with Crippen molar-refractivity contribution in [2.24, 2.45) is 0 Å². The van der Waals surface area contributed by atoms with Gasteiger partial charge in [-0.15, -0.1) is 0 Å². The van der Waals surface area contributed by atoms with Crippen molar-refractivity contribution in [1.82, 2.24) is 10.2 Å². The van der Waals surface area contributed by atoms with Gasteiger partial charge in [-0.2, -0.15) is 0 Å². The monoisotopic (exact) mass is 387 g/mol. The van der Waals surface area contributed by atoms with Crippen LogP contribution in [0.15, 0.2) is 42.5 Å². The predicted molar refractivity (Wildman–Crippen MR) is 105 cm³/mol. The molecule has 0 bridgehead atoms. The average Bonchev–Trinajstić information content (AvgIpc) is 3.17. The number of carbonyl (C=O) groups excluding carboxylic acids is 1. The Bertz CT molecular complexity index is 850. The van der Waals surface area contributed by atoms with Gasteiger partial charge in [-0.05, 0) is 56.6 Å². The Balaban J connectivity index is 1.75. The van der Waals surface area contributed by atoms with Crippen LogP contribution in [-0.2, 0) is 0 Å². The quantitative estimate of drug-likeness (QED) is 0.597. The van der Waals surface area contributed by atoms with E-state index in [1.807, 2.05) is 24.3 Å². The Morgan fingerprint density at radius 1 is 1.26 bits per heavy atom. The lowest BCUT2D eigenvalue weighted by Crippen LogP contribution is -2.37. The number of nitrogens with one attached hydrogen (secondary N) is 1. The van der Waals surface area contributed by atoms with E-state index in [1.165, 1.54) is 12.1 Å². The molecule has 6 nitrogen and oxygen atoms in total. The van der Waals surface area contributed by atoms with Crippen molar-refractivity contribution < 1.29 is 9.72 Å². The fourth-order valence-corrected chi connectivity index (χ4v) is 3.79. The summed E-state index contributed by atoms with van der Waals surface area (Å²) in [5, 5.41) is 14.6. The molecule has 0 aliphatic carbocycles. The fourth-order valence-electron chi connectivity index (χ4n) is 3.53. The number of hydrogen-bond donors (Lipinski definition) is 1. The largest absolute Gasteiger partial charge is 0.350 e. The molecule has 7 heteroatoms. The summed E-state index contributed by atoms with van der Waals surface area (Å²) in [5.41, 5.74) is 1.89. The molecule has 2 aromatic rings. The number of nitro benzene ring substituents is 1. The summed E-state index contributed by atoms with van der Waals surface area (Å²) in [6, 6.07) is 12.1. The first-order valence-electron chi connectivity index (χ1n) is 8.99. The molecule has 0 unspecified atom stereocenters. The van der Waals surface area contributed by atoms with Gasteiger partial charge in [-0.3, -0.25) is 19.8 Å². The van der Waals surface area contributed by atoms with E-state index in [2.05, 4.69) is 10.2 Å². The summed E-state index contributed by atoms with van der Waals surface area (Å²) in [6.45, 7) is 4.01. The first-order chi connectivity index (χ1) is 13.0.